The molecule has 5 saturated carbocycles. The van der Waals surface area contributed by atoms with E-state index in [0.29, 0.717) is 53.8 Å². The minimum Gasteiger partial charge on any atom is -0.366 e. The van der Waals surface area contributed by atoms with Gasteiger partial charge in [-0.2, -0.15) is 4.98 Å². The van der Waals surface area contributed by atoms with Crippen molar-refractivity contribution in [3.63, 3.8) is 0 Å². The van der Waals surface area contributed by atoms with Crippen molar-refractivity contribution < 1.29 is 9.59 Å². The van der Waals surface area contributed by atoms with Gasteiger partial charge in [0.2, 0.25) is 11.9 Å². The third-order valence-corrected chi connectivity index (χ3v) is 9.19. The van der Waals surface area contributed by atoms with Gasteiger partial charge in [-0.1, -0.05) is 0 Å². The number of amides is 2. The number of carbonyl (C=O) groups is 2. The number of nitrogens with zero attached hydrogens (tertiary/aromatic N) is 3. The quantitative estimate of drug-likeness (QED) is 0.370. The molecular formula is C30H41N7O2. The van der Waals surface area contributed by atoms with Crippen LogP contribution in [-0.4, -0.2) is 66.0 Å². The Bertz CT molecular complexity index is 1210. The average molecular weight is 532 g/mol. The molecule has 7 rings (SSSR count). The zero-order valence-corrected chi connectivity index (χ0v) is 23.3. The van der Waals surface area contributed by atoms with Crippen LogP contribution >= 0.6 is 0 Å². The Hall–Kier alpha value is -3.20. The van der Waals surface area contributed by atoms with Crippen molar-refractivity contribution in [1.82, 2.24) is 25.5 Å². The first kappa shape index (κ1) is 26.0. The van der Waals surface area contributed by atoms with E-state index in [-0.39, 0.29) is 11.3 Å². The normalized spacial score (nSPS) is 28.8. The second-order valence-corrected chi connectivity index (χ2v) is 12.7. The van der Waals surface area contributed by atoms with Gasteiger partial charge in [-0.15, -0.1) is 0 Å². The summed E-state index contributed by atoms with van der Waals surface area (Å²) in [6.45, 7) is 3.44. The Morgan fingerprint density at radius 1 is 1.05 bits per heavy atom. The lowest BCUT2D eigenvalue weighted by Crippen LogP contribution is -2.60. The van der Waals surface area contributed by atoms with Crippen LogP contribution in [0.25, 0.3) is 0 Å². The van der Waals surface area contributed by atoms with Crippen LogP contribution in [0.1, 0.15) is 60.9 Å². The fraction of sp³-hybridized carbons (Fsp3) is 0.600. The van der Waals surface area contributed by atoms with E-state index in [1.165, 1.54) is 12.8 Å². The van der Waals surface area contributed by atoms with E-state index < -0.39 is 0 Å². The number of likely N-dealkylation sites (N-methyl/N-ethyl adjacent to an activating group) is 1. The van der Waals surface area contributed by atoms with Crippen LogP contribution in [0.5, 0.6) is 0 Å². The summed E-state index contributed by atoms with van der Waals surface area (Å²) in [6, 6.07) is 8.14. The van der Waals surface area contributed by atoms with E-state index >= 15 is 0 Å². The molecule has 2 atom stereocenters. The highest BCUT2D eigenvalue weighted by Crippen LogP contribution is 2.60. The predicted octanol–water partition coefficient (Wildman–Crippen LogP) is 3.71. The standard InChI is InChI=1S/C30H41N7O2/c1-18-17-32-29(34-24-6-4-20(5-7-24)27(38)31-10-11-37(2)3)36-26(18)35-25-21-12-19-13-22(25)16-30(14-19,15-21)28(39)33-23-8-9-23/h4-7,17,19,21-23,25H,8-16H2,1-3H3,(H,31,38)(H,33,39)(H2,32,34,35,36). The number of aryl methyl sites for hydroxylation is 1. The number of hydrogen-bond acceptors (Lipinski definition) is 7. The minimum absolute atomic E-state index is 0.0797. The van der Waals surface area contributed by atoms with Gasteiger partial charge in [-0.25, -0.2) is 4.98 Å². The van der Waals surface area contributed by atoms with Gasteiger partial charge in [-0.05, 0) is 108 Å². The minimum atomic E-state index is -0.153. The highest BCUT2D eigenvalue weighted by molar-refractivity contribution is 5.94. The lowest BCUT2D eigenvalue weighted by molar-refractivity contribution is -0.147. The Morgan fingerprint density at radius 2 is 1.77 bits per heavy atom. The number of anilines is 3. The van der Waals surface area contributed by atoms with Crippen molar-refractivity contribution in [2.45, 2.75) is 64.0 Å². The SMILES string of the molecule is Cc1cnc(Nc2ccc(C(=O)NCCN(C)C)cc2)nc1NC1C2CC3CC1CC(C(=O)NC1CC1)(C3)C2. The molecule has 4 bridgehead atoms. The second-order valence-electron chi connectivity index (χ2n) is 12.7. The van der Waals surface area contributed by atoms with Gasteiger partial charge in [0.1, 0.15) is 5.82 Å². The first-order valence-electron chi connectivity index (χ1n) is 14.5. The fourth-order valence-electron chi connectivity index (χ4n) is 7.24. The molecule has 4 N–H and O–H groups in total. The van der Waals surface area contributed by atoms with Crippen molar-refractivity contribution in [2.24, 2.45) is 23.2 Å². The van der Waals surface area contributed by atoms with E-state index in [2.05, 4.69) is 26.3 Å². The Balaban J connectivity index is 1.10. The number of aromatic nitrogens is 2. The number of rotatable bonds is 10. The van der Waals surface area contributed by atoms with Gasteiger partial charge in [0.05, 0.1) is 5.41 Å². The maximum Gasteiger partial charge on any atom is 0.251 e. The Morgan fingerprint density at radius 3 is 2.44 bits per heavy atom. The molecule has 39 heavy (non-hydrogen) atoms. The van der Waals surface area contributed by atoms with Crippen LogP contribution in [0.15, 0.2) is 30.5 Å². The molecule has 2 amide bonds. The number of hydrogen-bond donors (Lipinski definition) is 4. The van der Waals surface area contributed by atoms with Gasteiger partial charge in [-0.3, -0.25) is 9.59 Å². The number of nitrogens with one attached hydrogen (secondary N) is 4. The molecular weight excluding hydrogens is 490 g/mol. The molecule has 5 aliphatic carbocycles. The lowest BCUT2D eigenvalue weighted by Gasteiger charge is -2.59. The van der Waals surface area contributed by atoms with Crippen molar-refractivity contribution in [3.8, 4) is 0 Å². The van der Waals surface area contributed by atoms with Crippen LogP contribution in [-0.2, 0) is 4.79 Å². The molecule has 2 aromatic rings. The van der Waals surface area contributed by atoms with Crippen molar-refractivity contribution in [3.05, 3.63) is 41.6 Å². The molecule has 9 nitrogen and oxygen atoms in total. The fourth-order valence-corrected chi connectivity index (χ4v) is 7.24. The van der Waals surface area contributed by atoms with Crippen LogP contribution in [0, 0.1) is 30.1 Å². The highest BCUT2D eigenvalue weighted by atomic mass is 16.2. The van der Waals surface area contributed by atoms with Crippen LogP contribution in [0.2, 0.25) is 0 Å². The van der Waals surface area contributed by atoms with Crippen molar-refractivity contribution in [1.29, 1.82) is 0 Å². The summed E-state index contributed by atoms with van der Waals surface area (Å²) in [5, 5.41) is 13.4. The summed E-state index contributed by atoms with van der Waals surface area (Å²) in [4.78, 5) is 37.0. The van der Waals surface area contributed by atoms with Gasteiger partial charge < -0.3 is 26.2 Å². The van der Waals surface area contributed by atoms with E-state index in [0.717, 1.165) is 55.7 Å². The Labute approximate surface area is 230 Å². The predicted molar refractivity (Wildman–Crippen MR) is 152 cm³/mol. The molecule has 1 aromatic carbocycles. The molecule has 9 heteroatoms. The third kappa shape index (κ3) is 5.60. The monoisotopic (exact) mass is 531 g/mol. The van der Waals surface area contributed by atoms with E-state index in [1.54, 1.807) is 0 Å². The van der Waals surface area contributed by atoms with Crippen LogP contribution in [0.3, 0.4) is 0 Å². The summed E-state index contributed by atoms with van der Waals surface area (Å²) < 4.78 is 0. The summed E-state index contributed by atoms with van der Waals surface area (Å²) in [7, 11) is 3.96. The molecule has 208 valence electrons. The highest BCUT2D eigenvalue weighted by Gasteiger charge is 2.58. The molecule has 0 saturated heterocycles. The zero-order valence-electron chi connectivity index (χ0n) is 23.3. The van der Waals surface area contributed by atoms with Crippen molar-refractivity contribution >= 4 is 29.3 Å². The molecule has 1 aromatic heterocycles. The van der Waals surface area contributed by atoms with Gasteiger partial charge in [0.15, 0.2) is 0 Å². The van der Waals surface area contributed by atoms with Crippen LogP contribution < -0.4 is 21.3 Å². The molecule has 1 heterocycles. The maximum absolute atomic E-state index is 13.2. The molecule has 5 aliphatic rings. The molecule has 0 aliphatic heterocycles. The lowest BCUT2D eigenvalue weighted by atomic mass is 9.47. The molecule has 0 spiro atoms. The zero-order chi connectivity index (χ0) is 27.1. The second kappa shape index (κ2) is 10.4. The molecule has 0 radical (unpaired) electrons. The largest absolute Gasteiger partial charge is 0.366 e. The topological polar surface area (TPSA) is 111 Å². The third-order valence-electron chi connectivity index (χ3n) is 9.19. The number of carbonyl (C=O) groups excluding carboxylic acids is 2. The van der Waals surface area contributed by atoms with Gasteiger partial charge in [0.25, 0.3) is 5.91 Å². The van der Waals surface area contributed by atoms with E-state index in [4.69, 9.17) is 4.98 Å². The van der Waals surface area contributed by atoms with Gasteiger partial charge >= 0.3 is 0 Å². The average Bonchev–Trinajstić information content (AvgIpc) is 3.72. The summed E-state index contributed by atoms with van der Waals surface area (Å²) >= 11 is 0. The van der Waals surface area contributed by atoms with Crippen molar-refractivity contribution in [2.75, 3.05) is 37.8 Å². The first-order chi connectivity index (χ1) is 18.8. The summed E-state index contributed by atoms with van der Waals surface area (Å²) in [5.74, 6) is 3.31. The van der Waals surface area contributed by atoms with Crippen LogP contribution in [0.4, 0.5) is 17.5 Å². The Kier molecular flexibility index (Phi) is 6.95. The molecule has 5 fully saturated rings. The smallest absolute Gasteiger partial charge is 0.251 e. The summed E-state index contributed by atoms with van der Waals surface area (Å²) in [5.41, 5.74) is 2.31. The summed E-state index contributed by atoms with van der Waals surface area (Å²) in [6.07, 6.45) is 9.59. The first-order valence-corrected chi connectivity index (χ1v) is 14.5. The molecule has 2 unspecified atom stereocenters. The van der Waals surface area contributed by atoms with E-state index in [9.17, 15) is 9.59 Å². The van der Waals surface area contributed by atoms with Gasteiger partial charge in [0, 0.05) is 48.2 Å². The van der Waals surface area contributed by atoms with E-state index in [1.807, 2.05) is 56.4 Å². The number of benzene rings is 1. The maximum atomic E-state index is 13.2.